The van der Waals surface area contributed by atoms with E-state index < -0.39 is 0 Å². The van der Waals surface area contributed by atoms with Crippen molar-refractivity contribution in [2.75, 3.05) is 0 Å². The molecule has 8 aromatic rings. The lowest BCUT2D eigenvalue weighted by molar-refractivity contribution is 1.03. The van der Waals surface area contributed by atoms with Crippen LogP contribution in [0.4, 0.5) is 0 Å². The van der Waals surface area contributed by atoms with Crippen LogP contribution >= 0.6 is 11.3 Å². The zero-order valence-corrected chi connectivity index (χ0v) is 24.2. The van der Waals surface area contributed by atoms with Crippen LogP contribution in [-0.4, -0.2) is 9.97 Å². The Hall–Kier alpha value is -5.12. The van der Waals surface area contributed by atoms with Crippen LogP contribution in [-0.2, 0) is 0 Å². The summed E-state index contributed by atoms with van der Waals surface area (Å²) in [6.45, 7) is 0. The zero-order valence-electron chi connectivity index (χ0n) is 23.4. The van der Waals surface area contributed by atoms with Gasteiger partial charge in [0.15, 0.2) is 5.82 Å². The van der Waals surface area contributed by atoms with Crippen molar-refractivity contribution in [1.29, 1.82) is 0 Å². The molecule has 2 aromatic heterocycles. The monoisotopic (exact) mass is 566 g/mol. The number of hydrogen-bond acceptors (Lipinski definition) is 3. The maximum absolute atomic E-state index is 5.11. The van der Waals surface area contributed by atoms with Crippen LogP contribution in [0.5, 0.6) is 0 Å². The van der Waals surface area contributed by atoms with Crippen LogP contribution in [0.3, 0.4) is 0 Å². The molecule has 43 heavy (non-hydrogen) atoms. The zero-order chi connectivity index (χ0) is 28.3. The summed E-state index contributed by atoms with van der Waals surface area (Å²) in [5, 5.41) is 8.06. The average Bonchev–Trinajstić information content (AvgIpc) is 3.48. The highest BCUT2D eigenvalue weighted by molar-refractivity contribution is 7.26. The highest BCUT2D eigenvalue weighted by atomic mass is 32.1. The van der Waals surface area contributed by atoms with Crippen molar-refractivity contribution in [1.82, 2.24) is 9.97 Å². The number of fused-ring (bicyclic) bond motifs is 3. The molecule has 0 bridgehead atoms. The molecule has 3 heteroatoms. The van der Waals surface area contributed by atoms with E-state index >= 15 is 0 Å². The summed E-state index contributed by atoms with van der Waals surface area (Å²) in [4.78, 5) is 10.2. The third kappa shape index (κ3) is 4.00. The van der Waals surface area contributed by atoms with Gasteiger partial charge in [0, 0.05) is 31.3 Å². The topological polar surface area (TPSA) is 25.8 Å². The Kier molecular flexibility index (Phi) is 5.53. The lowest BCUT2D eigenvalue weighted by atomic mass is 9.92. The predicted molar refractivity (Wildman–Crippen MR) is 184 cm³/mol. The van der Waals surface area contributed by atoms with Gasteiger partial charge in [-0.2, -0.15) is 0 Å². The van der Waals surface area contributed by atoms with Gasteiger partial charge >= 0.3 is 0 Å². The minimum atomic E-state index is 0.756. The third-order valence-electron chi connectivity index (χ3n) is 8.71. The maximum Gasteiger partial charge on any atom is 0.160 e. The minimum Gasteiger partial charge on any atom is -0.228 e. The number of rotatable bonds is 4. The molecule has 0 radical (unpaired) electrons. The Balaban J connectivity index is 1.21. The van der Waals surface area contributed by atoms with Crippen molar-refractivity contribution in [3.8, 4) is 33.8 Å². The van der Waals surface area contributed by atoms with Crippen LogP contribution in [0, 0.1) is 0 Å². The number of benzene rings is 6. The average molecular weight is 567 g/mol. The first-order valence-corrected chi connectivity index (χ1v) is 15.6. The van der Waals surface area contributed by atoms with E-state index in [4.69, 9.17) is 9.97 Å². The van der Waals surface area contributed by atoms with Gasteiger partial charge in [0.2, 0.25) is 0 Å². The van der Waals surface area contributed by atoms with Gasteiger partial charge in [-0.05, 0) is 81.4 Å². The van der Waals surface area contributed by atoms with Gasteiger partial charge in [0.25, 0.3) is 0 Å². The van der Waals surface area contributed by atoms with Crippen LogP contribution < -0.4 is 0 Å². The molecule has 0 saturated heterocycles. The molecule has 9 rings (SSSR count). The highest BCUT2D eigenvalue weighted by Crippen LogP contribution is 2.45. The Morgan fingerprint density at radius 1 is 0.512 bits per heavy atom. The number of nitrogens with zero attached hydrogens (tertiary/aromatic N) is 2. The SMILES string of the molecule is C1=CCCC(c2cc(-c3ccccc3)nc(-c3cccc(-c4ccc5c(c4)c4cccc6sc7cccc5c7c64)c3)n2)=C1. The van der Waals surface area contributed by atoms with E-state index in [-0.39, 0.29) is 0 Å². The van der Waals surface area contributed by atoms with Crippen molar-refractivity contribution in [3.05, 3.63) is 139 Å². The van der Waals surface area contributed by atoms with Gasteiger partial charge in [-0.15, -0.1) is 11.3 Å². The molecule has 2 heterocycles. The third-order valence-corrected chi connectivity index (χ3v) is 9.84. The molecule has 202 valence electrons. The van der Waals surface area contributed by atoms with E-state index in [0.29, 0.717) is 0 Å². The number of hydrogen-bond donors (Lipinski definition) is 0. The normalized spacial score (nSPS) is 13.4. The van der Waals surface area contributed by atoms with Gasteiger partial charge in [-0.1, -0.05) is 103 Å². The van der Waals surface area contributed by atoms with Crippen molar-refractivity contribution >= 4 is 58.6 Å². The van der Waals surface area contributed by atoms with Crippen molar-refractivity contribution < 1.29 is 0 Å². The molecule has 0 aliphatic heterocycles. The largest absolute Gasteiger partial charge is 0.228 e. The summed E-state index contributed by atoms with van der Waals surface area (Å²) >= 11 is 1.89. The van der Waals surface area contributed by atoms with Crippen molar-refractivity contribution in [3.63, 3.8) is 0 Å². The summed E-state index contributed by atoms with van der Waals surface area (Å²) in [5.41, 5.74) is 7.69. The number of allylic oxidation sites excluding steroid dienone is 4. The van der Waals surface area contributed by atoms with Crippen LogP contribution in [0.1, 0.15) is 18.5 Å². The highest BCUT2D eigenvalue weighted by Gasteiger charge is 2.17. The summed E-state index contributed by atoms with van der Waals surface area (Å²) in [5.74, 6) is 0.756. The summed E-state index contributed by atoms with van der Waals surface area (Å²) in [6, 6.07) is 41.6. The standard InChI is InChI=1S/C40H26N2S/c1-3-10-25(11-4-1)34-24-35(26-12-5-2-6-13-26)42-40(41-34)29-15-7-14-27(22-29)28-20-21-30-31-16-8-18-36-38(31)39-32(33(30)23-28)17-9-19-37(39)43-36/h1-5,7-12,14-24H,6,13H2. The fraction of sp³-hybridized carbons (Fsp3) is 0.0500. The molecule has 2 nitrogen and oxygen atoms in total. The van der Waals surface area contributed by atoms with E-state index in [1.807, 2.05) is 17.4 Å². The minimum absolute atomic E-state index is 0.756. The Morgan fingerprint density at radius 3 is 2.00 bits per heavy atom. The first kappa shape index (κ1) is 24.5. The first-order chi connectivity index (χ1) is 21.3. The van der Waals surface area contributed by atoms with Gasteiger partial charge < -0.3 is 0 Å². The van der Waals surface area contributed by atoms with Gasteiger partial charge in [0.1, 0.15) is 0 Å². The fourth-order valence-electron chi connectivity index (χ4n) is 6.65. The molecular weight excluding hydrogens is 541 g/mol. The fourth-order valence-corrected chi connectivity index (χ4v) is 7.81. The lowest BCUT2D eigenvalue weighted by Crippen LogP contribution is -1.99. The van der Waals surface area contributed by atoms with Crippen molar-refractivity contribution in [2.24, 2.45) is 0 Å². The summed E-state index contributed by atoms with van der Waals surface area (Å²) in [7, 11) is 0. The van der Waals surface area contributed by atoms with Gasteiger partial charge in [-0.3, -0.25) is 0 Å². The van der Waals surface area contributed by atoms with Gasteiger partial charge in [-0.25, -0.2) is 9.97 Å². The Morgan fingerprint density at radius 2 is 1.21 bits per heavy atom. The van der Waals surface area contributed by atoms with E-state index in [0.717, 1.165) is 46.7 Å². The molecule has 0 N–H and O–H groups in total. The van der Waals surface area contributed by atoms with E-state index in [9.17, 15) is 0 Å². The van der Waals surface area contributed by atoms with Crippen LogP contribution in [0.2, 0.25) is 0 Å². The number of thiophene rings is 1. The first-order valence-electron chi connectivity index (χ1n) is 14.8. The summed E-state index contributed by atoms with van der Waals surface area (Å²) in [6.07, 6.45) is 8.57. The second kappa shape index (κ2) is 9.72. The lowest BCUT2D eigenvalue weighted by Gasteiger charge is -2.14. The molecule has 1 aliphatic carbocycles. The molecule has 1 aliphatic rings. The maximum atomic E-state index is 5.11. The Bertz CT molecular complexity index is 2390. The number of aromatic nitrogens is 2. The van der Waals surface area contributed by atoms with E-state index in [1.54, 1.807) is 0 Å². The van der Waals surface area contributed by atoms with Crippen molar-refractivity contribution in [2.45, 2.75) is 12.8 Å². The van der Waals surface area contributed by atoms with Gasteiger partial charge in [0.05, 0.1) is 11.4 Å². The second-order valence-electron chi connectivity index (χ2n) is 11.3. The quantitative estimate of drug-likeness (QED) is 0.198. The second-order valence-corrected chi connectivity index (χ2v) is 12.4. The van der Waals surface area contributed by atoms with Crippen LogP contribution in [0.15, 0.2) is 133 Å². The predicted octanol–water partition coefficient (Wildman–Crippen LogP) is 11.3. The smallest absolute Gasteiger partial charge is 0.160 e. The molecular formula is C40H26N2S. The molecule has 0 fully saturated rings. The van der Waals surface area contributed by atoms with E-state index in [2.05, 4.69) is 127 Å². The Labute approximate surface area is 253 Å². The van der Waals surface area contributed by atoms with E-state index in [1.165, 1.54) is 52.9 Å². The molecule has 0 atom stereocenters. The molecule has 0 amide bonds. The molecule has 6 aromatic carbocycles. The summed E-state index contributed by atoms with van der Waals surface area (Å²) < 4.78 is 2.72. The molecule has 0 saturated carbocycles. The molecule has 0 unspecified atom stereocenters. The van der Waals surface area contributed by atoms with Crippen LogP contribution in [0.25, 0.3) is 81.1 Å². The molecule has 0 spiro atoms.